The van der Waals surface area contributed by atoms with E-state index in [1.807, 2.05) is 13.8 Å². The van der Waals surface area contributed by atoms with Crippen molar-refractivity contribution in [2.24, 2.45) is 0 Å². The Kier molecular flexibility index (Phi) is 4.49. The first-order valence-corrected chi connectivity index (χ1v) is 7.21. The lowest BCUT2D eigenvalue weighted by atomic mass is 9.89. The number of carbonyl (C=O) groups is 2. The first-order valence-electron chi connectivity index (χ1n) is 7.21. The number of hydrogen-bond acceptors (Lipinski definition) is 2. The molecular formula is C16H19FN2O3. The molecule has 0 saturated heterocycles. The molecule has 2 aromatic rings. The molecule has 0 fully saturated rings. The van der Waals surface area contributed by atoms with Crippen LogP contribution in [0.2, 0.25) is 0 Å². The van der Waals surface area contributed by atoms with Gasteiger partial charge in [0.05, 0.1) is 12.0 Å². The van der Waals surface area contributed by atoms with Gasteiger partial charge in [-0.15, -0.1) is 0 Å². The van der Waals surface area contributed by atoms with Gasteiger partial charge in [0.25, 0.3) is 5.91 Å². The summed E-state index contributed by atoms with van der Waals surface area (Å²) in [6.45, 7) is 3.68. The lowest BCUT2D eigenvalue weighted by Gasteiger charge is -2.31. The Labute approximate surface area is 127 Å². The van der Waals surface area contributed by atoms with Crippen molar-refractivity contribution < 1.29 is 19.1 Å². The molecule has 5 nitrogen and oxygen atoms in total. The third-order valence-corrected chi connectivity index (χ3v) is 4.05. The number of carboxylic acids is 1. The van der Waals surface area contributed by atoms with Crippen molar-refractivity contribution in [3.8, 4) is 0 Å². The van der Waals surface area contributed by atoms with Crippen molar-refractivity contribution in [1.29, 1.82) is 0 Å². The van der Waals surface area contributed by atoms with Crippen molar-refractivity contribution >= 4 is 22.8 Å². The van der Waals surface area contributed by atoms with Gasteiger partial charge in [0.2, 0.25) is 0 Å². The minimum atomic E-state index is -0.956. The smallest absolute Gasteiger partial charge is 0.305 e. The first kappa shape index (κ1) is 16.0. The van der Waals surface area contributed by atoms with Crippen LogP contribution in [0.1, 0.15) is 43.6 Å². The van der Waals surface area contributed by atoms with E-state index in [2.05, 4.69) is 10.3 Å². The zero-order chi connectivity index (χ0) is 16.3. The van der Waals surface area contributed by atoms with Gasteiger partial charge in [-0.1, -0.05) is 13.8 Å². The van der Waals surface area contributed by atoms with Crippen molar-refractivity contribution in [2.45, 2.75) is 38.6 Å². The van der Waals surface area contributed by atoms with Crippen LogP contribution in [0.3, 0.4) is 0 Å². The Bertz CT molecular complexity index is 704. The second-order valence-electron chi connectivity index (χ2n) is 5.43. The zero-order valence-corrected chi connectivity index (χ0v) is 12.6. The summed E-state index contributed by atoms with van der Waals surface area (Å²) in [5.74, 6) is -1.72. The number of rotatable bonds is 6. The van der Waals surface area contributed by atoms with E-state index < -0.39 is 11.5 Å². The van der Waals surface area contributed by atoms with Crippen molar-refractivity contribution in [2.75, 3.05) is 0 Å². The Morgan fingerprint density at radius 1 is 1.27 bits per heavy atom. The highest BCUT2D eigenvalue weighted by molar-refractivity contribution is 5.98. The van der Waals surface area contributed by atoms with E-state index in [1.165, 1.54) is 12.1 Å². The van der Waals surface area contributed by atoms with Crippen molar-refractivity contribution in [1.82, 2.24) is 10.3 Å². The van der Waals surface area contributed by atoms with Gasteiger partial charge in [-0.3, -0.25) is 9.59 Å². The molecule has 0 radical (unpaired) electrons. The average molecular weight is 306 g/mol. The van der Waals surface area contributed by atoms with Gasteiger partial charge in [0.15, 0.2) is 0 Å². The van der Waals surface area contributed by atoms with E-state index in [0.29, 0.717) is 23.7 Å². The average Bonchev–Trinajstić information content (AvgIpc) is 2.89. The number of nitrogens with one attached hydrogen (secondary N) is 2. The maximum absolute atomic E-state index is 13.2. The number of aromatic nitrogens is 1. The van der Waals surface area contributed by atoms with Crippen LogP contribution in [0.15, 0.2) is 24.3 Å². The number of carbonyl (C=O) groups excluding carboxylic acids is 1. The maximum atomic E-state index is 13.2. The van der Waals surface area contributed by atoms with Gasteiger partial charge in [0.1, 0.15) is 11.5 Å². The van der Waals surface area contributed by atoms with Crippen LogP contribution < -0.4 is 5.32 Å². The summed E-state index contributed by atoms with van der Waals surface area (Å²) in [4.78, 5) is 26.3. The monoisotopic (exact) mass is 306 g/mol. The molecule has 1 heterocycles. The summed E-state index contributed by atoms with van der Waals surface area (Å²) < 4.78 is 13.2. The summed E-state index contributed by atoms with van der Waals surface area (Å²) in [5.41, 5.74) is 0.159. The minimum Gasteiger partial charge on any atom is -0.481 e. The van der Waals surface area contributed by atoms with Crippen molar-refractivity contribution in [3.05, 3.63) is 35.8 Å². The largest absolute Gasteiger partial charge is 0.481 e. The van der Waals surface area contributed by atoms with E-state index in [9.17, 15) is 14.0 Å². The number of benzene rings is 1. The Hall–Kier alpha value is -2.37. The molecule has 0 saturated carbocycles. The molecule has 1 amide bonds. The Morgan fingerprint density at radius 2 is 1.95 bits per heavy atom. The molecule has 22 heavy (non-hydrogen) atoms. The van der Waals surface area contributed by atoms with Gasteiger partial charge >= 0.3 is 5.97 Å². The molecule has 0 atom stereocenters. The molecule has 2 rings (SSSR count). The fraction of sp³-hybridized carbons (Fsp3) is 0.375. The van der Waals surface area contributed by atoms with Crippen LogP contribution >= 0.6 is 0 Å². The molecule has 6 heteroatoms. The van der Waals surface area contributed by atoms with E-state index >= 15 is 0 Å². The third-order valence-electron chi connectivity index (χ3n) is 4.05. The topological polar surface area (TPSA) is 82.2 Å². The lowest BCUT2D eigenvalue weighted by Crippen LogP contribution is -2.49. The van der Waals surface area contributed by atoms with Crippen LogP contribution in [-0.2, 0) is 4.79 Å². The molecule has 0 aliphatic rings. The number of H-pyrrole nitrogens is 1. The second kappa shape index (κ2) is 6.17. The predicted molar refractivity (Wildman–Crippen MR) is 81.3 cm³/mol. The van der Waals surface area contributed by atoms with Crippen LogP contribution in [0.25, 0.3) is 10.9 Å². The van der Waals surface area contributed by atoms with Gasteiger partial charge in [0, 0.05) is 10.9 Å². The Morgan fingerprint density at radius 3 is 2.55 bits per heavy atom. The first-order chi connectivity index (χ1) is 10.4. The Balaban J connectivity index is 2.26. The van der Waals surface area contributed by atoms with Gasteiger partial charge in [-0.05, 0) is 37.1 Å². The quantitative estimate of drug-likeness (QED) is 0.767. The van der Waals surface area contributed by atoms with E-state index in [4.69, 9.17) is 5.11 Å². The second-order valence-corrected chi connectivity index (χ2v) is 5.43. The number of aromatic amines is 1. The molecule has 0 bridgehead atoms. The molecule has 1 aromatic heterocycles. The van der Waals surface area contributed by atoms with Crippen LogP contribution in [0, 0.1) is 5.82 Å². The summed E-state index contributed by atoms with van der Waals surface area (Å²) in [6, 6.07) is 5.77. The lowest BCUT2D eigenvalue weighted by molar-refractivity contribution is -0.138. The van der Waals surface area contributed by atoms with Crippen molar-refractivity contribution in [3.63, 3.8) is 0 Å². The minimum absolute atomic E-state index is 0.138. The molecule has 1 aromatic carbocycles. The standard InChI is InChI=1S/C16H19FN2O3/c1-3-16(4-2,9-14(20)21)19-15(22)13-8-10-7-11(17)5-6-12(10)18-13/h5-8,18H,3-4,9H2,1-2H3,(H,19,22)(H,20,21). The number of halogens is 1. The third kappa shape index (κ3) is 3.27. The highest BCUT2D eigenvalue weighted by atomic mass is 19.1. The van der Waals surface area contributed by atoms with Gasteiger partial charge < -0.3 is 15.4 Å². The SMILES string of the molecule is CCC(CC)(CC(=O)O)NC(=O)c1cc2cc(F)ccc2[nH]1. The molecule has 118 valence electrons. The molecule has 0 aliphatic carbocycles. The summed E-state index contributed by atoms with van der Waals surface area (Å²) in [7, 11) is 0. The molecule has 0 spiro atoms. The van der Waals surface area contributed by atoms with E-state index in [-0.39, 0.29) is 23.8 Å². The molecule has 0 unspecified atom stereocenters. The maximum Gasteiger partial charge on any atom is 0.305 e. The van der Waals surface area contributed by atoms with Gasteiger partial charge in [-0.2, -0.15) is 0 Å². The van der Waals surface area contributed by atoms with E-state index in [0.717, 1.165) is 0 Å². The number of hydrogen-bond donors (Lipinski definition) is 3. The number of fused-ring (bicyclic) bond motifs is 1. The molecule has 3 N–H and O–H groups in total. The van der Waals surface area contributed by atoms with E-state index in [1.54, 1.807) is 12.1 Å². The normalized spacial score (nSPS) is 11.6. The highest BCUT2D eigenvalue weighted by Gasteiger charge is 2.31. The van der Waals surface area contributed by atoms with Crippen LogP contribution in [-0.4, -0.2) is 27.5 Å². The summed E-state index contributed by atoms with van der Waals surface area (Å²) >= 11 is 0. The van der Waals surface area contributed by atoms with Crippen LogP contribution in [0.5, 0.6) is 0 Å². The number of amides is 1. The zero-order valence-electron chi connectivity index (χ0n) is 12.6. The fourth-order valence-corrected chi connectivity index (χ4v) is 2.54. The van der Waals surface area contributed by atoms with Gasteiger partial charge in [-0.25, -0.2) is 4.39 Å². The number of carboxylic acid groups (broad SMARTS) is 1. The molecular weight excluding hydrogens is 287 g/mol. The fourth-order valence-electron chi connectivity index (χ4n) is 2.54. The summed E-state index contributed by atoms with van der Waals surface area (Å²) in [6.07, 6.45) is 0.882. The van der Waals surface area contributed by atoms with Crippen LogP contribution in [0.4, 0.5) is 4.39 Å². The predicted octanol–water partition coefficient (Wildman–Crippen LogP) is 3.07. The summed E-state index contributed by atoms with van der Waals surface area (Å²) in [5, 5.41) is 12.4. The highest BCUT2D eigenvalue weighted by Crippen LogP contribution is 2.22. The molecule has 0 aliphatic heterocycles. The number of aliphatic carboxylic acids is 1.